The molecule has 0 bridgehead atoms. The van der Waals surface area contributed by atoms with Gasteiger partial charge in [-0.3, -0.25) is 15.0 Å². The highest BCUT2D eigenvalue weighted by Crippen LogP contribution is 2.29. The van der Waals surface area contributed by atoms with Crippen molar-refractivity contribution in [3.05, 3.63) is 57.5 Å². The summed E-state index contributed by atoms with van der Waals surface area (Å²) in [5.41, 5.74) is 3.01. The number of hydrogen-bond acceptors (Lipinski definition) is 7. The van der Waals surface area contributed by atoms with Crippen LogP contribution in [0.5, 0.6) is 0 Å². The number of aryl methyl sites for hydroxylation is 1. The SMILES string of the molecule is Cc1nc2sccc2c(=O)n1NC(=O)C1CCN(C2=NS(=O)(=O)c3ccccc32)CC1. The maximum atomic E-state index is 12.8. The zero-order valence-corrected chi connectivity index (χ0v) is 18.2. The maximum absolute atomic E-state index is 12.8. The summed E-state index contributed by atoms with van der Waals surface area (Å²) in [5, 5.41) is 2.27. The van der Waals surface area contributed by atoms with Crippen molar-refractivity contribution in [2.24, 2.45) is 10.3 Å². The van der Waals surface area contributed by atoms with Crippen LogP contribution < -0.4 is 11.0 Å². The highest BCUT2D eigenvalue weighted by atomic mass is 32.2. The van der Waals surface area contributed by atoms with E-state index >= 15 is 0 Å². The second-order valence-corrected chi connectivity index (χ2v) is 10.0. The number of rotatable bonds is 2. The Bertz CT molecular complexity index is 1400. The maximum Gasteiger partial charge on any atom is 0.285 e. The lowest BCUT2D eigenvalue weighted by molar-refractivity contribution is -0.122. The Labute approximate surface area is 182 Å². The fraction of sp³-hybridized carbons (Fsp3) is 0.300. The molecule has 1 fully saturated rings. The topological polar surface area (TPSA) is 114 Å². The molecule has 1 N–H and O–H groups in total. The third-order valence-electron chi connectivity index (χ3n) is 5.67. The minimum absolute atomic E-state index is 0.219. The van der Waals surface area contributed by atoms with Crippen LogP contribution in [0.15, 0.2) is 49.8 Å². The van der Waals surface area contributed by atoms with Gasteiger partial charge in [0.15, 0.2) is 5.84 Å². The molecule has 11 heteroatoms. The van der Waals surface area contributed by atoms with Gasteiger partial charge in [0.2, 0.25) is 5.91 Å². The molecule has 0 spiro atoms. The van der Waals surface area contributed by atoms with Crippen molar-refractivity contribution >= 4 is 43.3 Å². The molecule has 0 unspecified atom stereocenters. The zero-order chi connectivity index (χ0) is 21.8. The quantitative estimate of drug-likeness (QED) is 0.627. The summed E-state index contributed by atoms with van der Waals surface area (Å²) in [6.07, 6.45) is 1.05. The molecular weight excluding hydrogens is 438 g/mol. The fourth-order valence-corrected chi connectivity index (χ4v) is 6.05. The Kier molecular flexibility index (Phi) is 4.67. The van der Waals surface area contributed by atoms with Crippen LogP contribution in [0.2, 0.25) is 0 Å². The molecule has 4 heterocycles. The predicted octanol–water partition coefficient (Wildman–Crippen LogP) is 1.70. The lowest BCUT2D eigenvalue weighted by Gasteiger charge is -2.32. The number of amides is 1. The van der Waals surface area contributed by atoms with E-state index in [0.717, 1.165) is 0 Å². The van der Waals surface area contributed by atoms with Gasteiger partial charge in [0.1, 0.15) is 15.6 Å². The molecule has 1 aromatic carbocycles. The first kappa shape index (κ1) is 19.9. The second-order valence-electron chi connectivity index (χ2n) is 7.56. The first-order valence-electron chi connectivity index (χ1n) is 9.82. The average molecular weight is 458 g/mol. The van der Waals surface area contributed by atoms with Crippen molar-refractivity contribution in [1.29, 1.82) is 0 Å². The van der Waals surface area contributed by atoms with Gasteiger partial charge in [0.05, 0.1) is 5.39 Å². The summed E-state index contributed by atoms with van der Waals surface area (Å²) in [4.78, 5) is 32.7. The van der Waals surface area contributed by atoms with E-state index in [1.807, 2.05) is 4.90 Å². The Hall–Kier alpha value is -3.05. The van der Waals surface area contributed by atoms with Crippen molar-refractivity contribution in [2.75, 3.05) is 18.5 Å². The number of carbonyl (C=O) groups is 1. The third-order valence-corrected chi connectivity index (χ3v) is 7.80. The molecule has 2 aliphatic rings. The van der Waals surface area contributed by atoms with Crippen LogP contribution in [0.1, 0.15) is 24.2 Å². The highest BCUT2D eigenvalue weighted by molar-refractivity contribution is 7.90. The van der Waals surface area contributed by atoms with Crippen molar-refractivity contribution in [2.45, 2.75) is 24.7 Å². The van der Waals surface area contributed by atoms with E-state index in [4.69, 9.17) is 0 Å². The summed E-state index contributed by atoms with van der Waals surface area (Å²) in [6.45, 7) is 2.67. The lowest BCUT2D eigenvalue weighted by Crippen LogP contribution is -2.44. The van der Waals surface area contributed by atoms with Crippen LogP contribution in [0.25, 0.3) is 10.2 Å². The van der Waals surface area contributed by atoms with E-state index in [9.17, 15) is 18.0 Å². The number of sulfonamides is 1. The van der Waals surface area contributed by atoms with Gasteiger partial charge < -0.3 is 4.90 Å². The second kappa shape index (κ2) is 7.27. The molecule has 0 atom stereocenters. The monoisotopic (exact) mass is 457 g/mol. The number of hydrogen-bond donors (Lipinski definition) is 1. The number of carbonyl (C=O) groups excluding carboxylic acids is 1. The highest BCUT2D eigenvalue weighted by Gasteiger charge is 2.34. The summed E-state index contributed by atoms with van der Waals surface area (Å²) in [6, 6.07) is 8.47. The van der Waals surface area contributed by atoms with Gasteiger partial charge in [-0.1, -0.05) is 12.1 Å². The number of aromatic nitrogens is 2. The molecule has 0 saturated carbocycles. The predicted molar refractivity (Wildman–Crippen MR) is 117 cm³/mol. The van der Waals surface area contributed by atoms with Crippen LogP contribution in [0.3, 0.4) is 0 Å². The number of piperidine rings is 1. The lowest BCUT2D eigenvalue weighted by atomic mass is 9.95. The minimum atomic E-state index is -3.67. The summed E-state index contributed by atoms with van der Waals surface area (Å²) in [5.74, 6) is 0.318. The number of amidine groups is 1. The van der Waals surface area contributed by atoms with E-state index < -0.39 is 10.0 Å². The van der Waals surface area contributed by atoms with E-state index in [0.29, 0.717) is 53.4 Å². The van der Waals surface area contributed by atoms with Crippen molar-refractivity contribution < 1.29 is 13.2 Å². The molecule has 9 nitrogen and oxygen atoms in total. The Morgan fingerprint density at radius 3 is 2.71 bits per heavy atom. The summed E-state index contributed by atoms with van der Waals surface area (Å²) >= 11 is 1.38. The average Bonchev–Trinajstić information content (AvgIpc) is 3.33. The fourth-order valence-electron chi connectivity index (χ4n) is 4.02. The van der Waals surface area contributed by atoms with Crippen LogP contribution in [-0.4, -0.2) is 47.8 Å². The van der Waals surface area contributed by atoms with Crippen molar-refractivity contribution in [1.82, 2.24) is 14.6 Å². The molecule has 0 aliphatic carbocycles. The first-order chi connectivity index (χ1) is 14.8. The first-order valence-corrected chi connectivity index (χ1v) is 12.1. The zero-order valence-electron chi connectivity index (χ0n) is 16.6. The van der Waals surface area contributed by atoms with Gasteiger partial charge >= 0.3 is 0 Å². The molecule has 160 valence electrons. The molecule has 1 amide bonds. The third kappa shape index (κ3) is 3.33. The van der Waals surface area contributed by atoms with E-state index in [1.54, 1.807) is 42.6 Å². The van der Waals surface area contributed by atoms with Gasteiger partial charge in [-0.05, 0) is 43.3 Å². The van der Waals surface area contributed by atoms with Crippen LogP contribution in [0, 0.1) is 12.8 Å². The number of benzene rings is 1. The molecule has 3 aromatic rings. The molecule has 1 saturated heterocycles. The summed E-state index contributed by atoms with van der Waals surface area (Å²) < 4.78 is 29.8. The Balaban J connectivity index is 1.31. The van der Waals surface area contributed by atoms with E-state index in [-0.39, 0.29) is 22.3 Å². The Morgan fingerprint density at radius 2 is 1.94 bits per heavy atom. The normalized spacial score (nSPS) is 18.1. The van der Waals surface area contributed by atoms with E-state index in [1.165, 1.54) is 16.0 Å². The number of nitrogens with one attached hydrogen (secondary N) is 1. The van der Waals surface area contributed by atoms with Gasteiger partial charge in [0, 0.05) is 24.6 Å². The molecule has 31 heavy (non-hydrogen) atoms. The number of likely N-dealkylation sites (tertiary alicyclic amines) is 1. The summed E-state index contributed by atoms with van der Waals surface area (Å²) in [7, 11) is -3.67. The molecule has 2 aliphatic heterocycles. The molecule has 0 radical (unpaired) electrons. The van der Waals surface area contributed by atoms with Crippen LogP contribution in [0.4, 0.5) is 0 Å². The molecule has 5 rings (SSSR count). The smallest absolute Gasteiger partial charge is 0.285 e. The standard InChI is InChI=1S/C20H19N5O4S2/c1-12-21-19-15(8-11-30-19)20(27)25(12)22-18(26)13-6-9-24(10-7-13)17-14-4-2-3-5-16(14)31(28,29)23-17/h2-5,8,11,13H,6-7,9-10H2,1H3,(H,22,26). The minimum Gasteiger partial charge on any atom is -0.355 e. The molecule has 2 aromatic heterocycles. The van der Waals surface area contributed by atoms with Gasteiger partial charge in [-0.2, -0.15) is 8.42 Å². The van der Waals surface area contributed by atoms with E-state index in [2.05, 4.69) is 14.8 Å². The van der Waals surface area contributed by atoms with Gasteiger partial charge in [-0.15, -0.1) is 15.7 Å². The largest absolute Gasteiger partial charge is 0.355 e. The Morgan fingerprint density at radius 1 is 1.19 bits per heavy atom. The van der Waals surface area contributed by atoms with Crippen molar-refractivity contribution in [3.63, 3.8) is 0 Å². The number of fused-ring (bicyclic) bond motifs is 2. The molecular formula is C20H19N5O4S2. The number of nitrogens with zero attached hydrogens (tertiary/aromatic N) is 4. The number of thiophene rings is 1. The van der Waals surface area contributed by atoms with Crippen LogP contribution >= 0.6 is 11.3 Å². The van der Waals surface area contributed by atoms with Gasteiger partial charge in [-0.25, -0.2) is 9.66 Å². The van der Waals surface area contributed by atoms with Gasteiger partial charge in [0.25, 0.3) is 15.6 Å². The van der Waals surface area contributed by atoms with Crippen molar-refractivity contribution in [3.8, 4) is 0 Å². The van der Waals surface area contributed by atoms with Crippen LogP contribution in [-0.2, 0) is 14.8 Å².